The van der Waals surface area contributed by atoms with Crippen molar-refractivity contribution in [2.24, 2.45) is 28.2 Å². The summed E-state index contributed by atoms with van der Waals surface area (Å²) >= 11 is 1.38. The van der Waals surface area contributed by atoms with Gasteiger partial charge in [-0.05, 0) is 69.6 Å². The van der Waals surface area contributed by atoms with Crippen LogP contribution in [0.15, 0.2) is 63.9 Å². The summed E-state index contributed by atoms with van der Waals surface area (Å²) in [6.45, 7) is 19.3. The summed E-state index contributed by atoms with van der Waals surface area (Å²) in [4.78, 5) is 56.3. The van der Waals surface area contributed by atoms with Crippen LogP contribution in [-0.4, -0.2) is 88.6 Å². The van der Waals surface area contributed by atoms with Crippen molar-refractivity contribution in [2.45, 2.75) is 98.6 Å². The first kappa shape index (κ1) is 43.1. The standard InChI is InChI=1S/C45H57N7O7S/c1-10-30(37(47-11-2)27(6)56-9)39-32-19-45(7,8)23-58-44(55)33-14-13-17-52(50-33)43(54)38(49-41(53)36-25(4)26(36)5)40(57-12-3)42-48-34(22-60-42)28-15-16-35(31(32)18-28)51(39)21-29-20-46-24-59-29/h10-11,15-16,18,20,22,24-27,33,36,38,40,50H,1,12-14,17,19,21,23H2,2-9H3,(H,49,53)/b37-30+,47-11?/t25-,26+,27-,33-,36?,38-,40-/m0/s1. The highest BCUT2D eigenvalue weighted by Gasteiger charge is 2.50. The van der Waals surface area contributed by atoms with E-state index in [0.717, 1.165) is 33.3 Å². The van der Waals surface area contributed by atoms with Crippen LogP contribution < -0.4 is 10.7 Å². The van der Waals surface area contributed by atoms with Crippen LogP contribution in [0.2, 0.25) is 0 Å². The monoisotopic (exact) mass is 839 g/mol. The molecular weight excluding hydrogens is 783 g/mol. The molecule has 15 heteroatoms. The molecule has 1 saturated carbocycles. The third-order valence-electron chi connectivity index (χ3n) is 12.1. The van der Waals surface area contributed by atoms with Crippen molar-refractivity contribution in [3.63, 3.8) is 0 Å². The van der Waals surface area contributed by atoms with E-state index >= 15 is 0 Å². The molecule has 2 fully saturated rings. The third-order valence-corrected chi connectivity index (χ3v) is 13.0. The number of hydrazine groups is 1. The highest BCUT2D eigenvalue weighted by molar-refractivity contribution is 7.10. The molecule has 7 atom stereocenters. The number of aromatic nitrogens is 3. The van der Waals surface area contributed by atoms with Gasteiger partial charge in [-0.1, -0.05) is 46.4 Å². The molecule has 6 bridgehead atoms. The van der Waals surface area contributed by atoms with E-state index in [-0.39, 0.29) is 43.0 Å². The normalized spacial score (nSPS) is 25.4. The zero-order valence-corrected chi connectivity index (χ0v) is 36.6. The number of cyclic esters (lactones) is 1. The lowest BCUT2D eigenvalue weighted by atomic mass is 9.84. The minimum Gasteiger partial charge on any atom is -0.464 e. The summed E-state index contributed by atoms with van der Waals surface area (Å²) in [7, 11) is 1.66. The average Bonchev–Trinajstić information content (AvgIpc) is 3.73. The van der Waals surface area contributed by atoms with Crippen LogP contribution in [0.25, 0.3) is 27.7 Å². The lowest BCUT2D eigenvalue weighted by molar-refractivity contribution is -0.156. The van der Waals surface area contributed by atoms with Gasteiger partial charge in [0.25, 0.3) is 5.91 Å². The van der Waals surface area contributed by atoms with Crippen LogP contribution >= 0.6 is 11.3 Å². The average molecular weight is 840 g/mol. The number of thiazole rings is 1. The van der Waals surface area contributed by atoms with Crippen molar-refractivity contribution in [1.82, 2.24) is 30.3 Å². The van der Waals surface area contributed by atoms with E-state index < -0.39 is 35.5 Å². The number of nitrogens with zero attached hydrogens (tertiary/aromatic N) is 5. The largest absolute Gasteiger partial charge is 0.464 e. The predicted molar refractivity (Wildman–Crippen MR) is 231 cm³/mol. The quantitative estimate of drug-likeness (QED) is 0.0923. The van der Waals surface area contributed by atoms with E-state index in [2.05, 4.69) is 52.9 Å². The summed E-state index contributed by atoms with van der Waals surface area (Å²) in [5, 5.41) is 7.99. The molecule has 1 aliphatic carbocycles. The van der Waals surface area contributed by atoms with Crippen molar-refractivity contribution in [1.29, 1.82) is 0 Å². The maximum absolute atomic E-state index is 14.6. The highest BCUT2D eigenvalue weighted by Crippen LogP contribution is 2.46. The minimum atomic E-state index is -1.10. The van der Waals surface area contributed by atoms with Gasteiger partial charge in [0.1, 0.15) is 29.0 Å². The zero-order chi connectivity index (χ0) is 42.9. The number of esters is 1. The molecule has 320 valence electrons. The Morgan fingerprint density at radius 2 is 2.03 bits per heavy atom. The molecule has 2 amide bonds. The van der Waals surface area contributed by atoms with Gasteiger partial charge in [0.2, 0.25) is 5.91 Å². The number of allylic oxidation sites excluding steroid dienone is 2. The van der Waals surface area contributed by atoms with Gasteiger partial charge in [0.05, 0.1) is 42.5 Å². The molecule has 5 heterocycles. The van der Waals surface area contributed by atoms with E-state index in [1.54, 1.807) is 19.5 Å². The number of benzene rings is 1. The van der Waals surface area contributed by atoms with Crippen molar-refractivity contribution < 1.29 is 33.0 Å². The zero-order valence-electron chi connectivity index (χ0n) is 35.8. The molecule has 0 radical (unpaired) electrons. The molecule has 14 nitrogen and oxygen atoms in total. The molecule has 4 aromatic rings. The van der Waals surface area contributed by atoms with Gasteiger partial charge in [-0.25, -0.2) is 15.4 Å². The van der Waals surface area contributed by atoms with E-state index in [1.165, 1.54) is 22.7 Å². The second-order valence-corrected chi connectivity index (χ2v) is 17.7. The van der Waals surface area contributed by atoms with Crippen molar-refractivity contribution >= 4 is 51.8 Å². The number of rotatable bonds is 11. The predicted octanol–water partition coefficient (Wildman–Crippen LogP) is 6.91. The number of carbonyl (C=O) groups is 3. The van der Waals surface area contributed by atoms with Gasteiger partial charge in [-0.3, -0.25) is 24.4 Å². The molecule has 2 N–H and O–H groups in total. The van der Waals surface area contributed by atoms with Gasteiger partial charge in [0, 0.05) is 65.2 Å². The van der Waals surface area contributed by atoms with Crippen LogP contribution in [0.5, 0.6) is 0 Å². The van der Waals surface area contributed by atoms with Gasteiger partial charge >= 0.3 is 5.97 Å². The number of oxazole rings is 1. The van der Waals surface area contributed by atoms with E-state index in [4.69, 9.17) is 28.6 Å². The Labute approximate surface area is 355 Å². The number of methoxy groups -OCH3 is 1. The van der Waals surface area contributed by atoms with Crippen LogP contribution in [0.1, 0.15) is 89.4 Å². The molecule has 3 aromatic heterocycles. The van der Waals surface area contributed by atoms with Gasteiger partial charge in [0.15, 0.2) is 6.39 Å². The fourth-order valence-corrected chi connectivity index (χ4v) is 9.46. The summed E-state index contributed by atoms with van der Waals surface area (Å²) in [5.41, 5.74) is 8.44. The molecule has 7 rings (SSSR count). The van der Waals surface area contributed by atoms with Gasteiger partial charge < -0.3 is 28.5 Å². The van der Waals surface area contributed by atoms with Crippen LogP contribution in [0.3, 0.4) is 0 Å². The molecule has 1 unspecified atom stereocenters. The Kier molecular flexibility index (Phi) is 12.9. The Balaban J connectivity index is 1.44. The fraction of sp³-hybridized carbons (Fsp3) is 0.511. The summed E-state index contributed by atoms with van der Waals surface area (Å²) in [5.74, 6) is -0.196. The molecule has 3 aliphatic rings. The van der Waals surface area contributed by atoms with E-state index in [0.29, 0.717) is 54.5 Å². The van der Waals surface area contributed by atoms with Crippen molar-refractivity contribution in [2.75, 3.05) is 26.9 Å². The number of nitrogens with one attached hydrogen (secondary N) is 2. The topological polar surface area (TPSA) is 162 Å². The molecule has 60 heavy (non-hydrogen) atoms. The summed E-state index contributed by atoms with van der Waals surface area (Å²) < 4.78 is 26.3. The molecule has 1 saturated heterocycles. The number of fused-ring (bicyclic) bond motifs is 6. The van der Waals surface area contributed by atoms with Crippen LogP contribution in [0.4, 0.5) is 0 Å². The minimum absolute atomic E-state index is 0.103. The summed E-state index contributed by atoms with van der Waals surface area (Å²) in [6.07, 6.45) is 6.98. The second-order valence-electron chi connectivity index (χ2n) is 16.8. The second kappa shape index (κ2) is 17.9. The third kappa shape index (κ3) is 8.63. The van der Waals surface area contributed by atoms with Gasteiger partial charge in [-0.2, -0.15) is 0 Å². The van der Waals surface area contributed by atoms with Crippen molar-refractivity contribution in [3.8, 4) is 11.3 Å². The number of amides is 2. The maximum atomic E-state index is 14.6. The number of hydrogen-bond donors (Lipinski definition) is 2. The van der Waals surface area contributed by atoms with Crippen LogP contribution in [-0.2, 0) is 41.6 Å². The SMILES string of the molecule is C=C/C(=C(\N=CC)[C@H](C)OC)c1c2c3cc(ccc3n1Cc1cnco1)-c1csc(n1)[C@@H](OCC)[C@H](NC(=O)C1[C@@H](C)[C@H]1C)C(=O)N1CCC[C@H](N1)C(=O)OCC(C)(C)C2. The first-order chi connectivity index (χ1) is 28.8. The Morgan fingerprint density at radius 3 is 2.70 bits per heavy atom. The number of hydrogen-bond acceptors (Lipinski definition) is 12. The van der Waals surface area contributed by atoms with E-state index in [9.17, 15) is 14.4 Å². The molecule has 0 spiro atoms. The smallest absolute Gasteiger partial charge is 0.324 e. The first-order valence-electron chi connectivity index (χ1n) is 20.8. The van der Waals surface area contributed by atoms with Crippen molar-refractivity contribution in [3.05, 3.63) is 76.5 Å². The Hall–Kier alpha value is -4.96. The highest BCUT2D eigenvalue weighted by atomic mass is 32.1. The summed E-state index contributed by atoms with van der Waals surface area (Å²) in [6, 6.07) is 4.37. The van der Waals surface area contributed by atoms with E-state index in [1.807, 2.05) is 52.1 Å². The molecule has 2 aliphatic heterocycles. The lowest BCUT2D eigenvalue weighted by Gasteiger charge is -2.37. The Bertz CT molecular complexity index is 2280. The Morgan fingerprint density at radius 1 is 1.25 bits per heavy atom. The number of carbonyl (C=O) groups excluding carboxylic acids is 3. The fourth-order valence-electron chi connectivity index (χ4n) is 8.55. The first-order valence-corrected chi connectivity index (χ1v) is 21.7. The molecule has 1 aromatic carbocycles. The van der Waals surface area contributed by atoms with Gasteiger partial charge in [-0.15, -0.1) is 11.3 Å². The number of ether oxygens (including phenoxy) is 3. The number of aliphatic imine (C=N–C) groups is 1. The maximum Gasteiger partial charge on any atom is 0.324 e. The van der Waals surface area contributed by atoms with Crippen LogP contribution in [0, 0.1) is 23.2 Å². The lowest BCUT2D eigenvalue weighted by Crippen LogP contribution is -2.61. The molecular formula is C45H57N7O7S.